The summed E-state index contributed by atoms with van der Waals surface area (Å²) in [4.78, 5) is 27.6. The Hall–Kier alpha value is -4.19. The van der Waals surface area contributed by atoms with Crippen molar-refractivity contribution in [1.82, 2.24) is 24.5 Å². The number of nitrogens with one attached hydrogen (secondary N) is 2. The lowest BCUT2D eigenvalue weighted by Crippen LogP contribution is -2.15. The fraction of sp³-hybridized carbons (Fsp3) is 0.190. The van der Waals surface area contributed by atoms with Gasteiger partial charge >= 0.3 is 0 Å². The molecule has 0 aliphatic heterocycles. The number of H-pyrrole nitrogens is 1. The van der Waals surface area contributed by atoms with Crippen molar-refractivity contribution in [2.75, 3.05) is 11.1 Å². The molecule has 0 saturated carbocycles. The number of rotatable bonds is 4. The topological polar surface area (TPSA) is 138 Å². The zero-order chi connectivity index (χ0) is 21.4. The van der Waals surface area contributed by atoms with Gasteiger partial charge in [0.1, 0.15) is 17.5 Å². The van der Waals surface area contributed by atoms with Gasteiger partial charge in [-0.2, -0.15) is 10.2 Å². The Balaban J connectivity index is 1.87. The molecule has 1 unspecified atom stereocenters. The largest absolute Gasteiger partial charge is 0.368 e. The number of nitrogen functional groups attached to an aromatic ring is 1. The number of aromatic nitrogens is 5. The Labute approximate surface area is 172 Å². The maximum absolute atomic E-state index is 11.9. The lowest BCUT2D eigenvalue weighted by molar-refractivity contribution is 0.837. The third kappa shape index (κ3) is 3.35. The van der Waals surface area contributed by atoms with Gasteiger partial charge < -0.3 is 20.6 Å². The van der Waals surface area contributed by atoms with E-state index in [-0.39, 0.29) is 17.5 Å². The van der Waals surface area contributed by atoms with Crippen LogP contribution in [0, 0.1) is 18.3 Å². The Kier molecular flexibility index (Phi) is 4.68. The Morgan fingerprint density at radius 2 is 2.07 bits per heavy atom. The van der Waals surface area contributed by atoms with Crippen LogP contribution in [0.2, 0.25) is 0 Å². The first-order chi connectivity index (χ1) is 14.4. The number of nitriles is 1. The van der Waals surface area contributed by atoms with E-state index in [0.29, 0.717) is 17.1 Å². The van der Waals surface area contributed by atoms with Crippen molar-refractivity contribution >= 4 is 22.8 Å². The van der Waals surface area contributed by atoms with Crippen LogP contribution in [0.15, 0.2) is 41.5 Å². The molecule has 0 saturated heterocycles. The van der Waals surface area contributed by atoms with Gasteiger partial charge in [-0.25, -0.2) is 9.97 Å². The second-order valence-electron chi connectivity index (χ2n) is 7.06. The number of nitrogens with zero attached hydrogens (tertiary/aromatic N) is 5. The zero-order valence-corrected chi connectivity index (χ0v) is 16.8. The van der Waals surface area contributed by atoms with Crippen molar-refractivity contribution in [1.29, 1.82) is 5.26 Å². The lowest BCUT2D eigenvalue weighted by Gasteiger charge is -2.19. The molecule has 0 spiro atoms. The molecule has 0 aliphatic rings. The lowest BCUT2D eigenvalue weighted by atomic mass is 10.0. The van der Waals surface area contributed by atoms with Gasteiger partial charge in [-0.1, -0.05) is 0 Å². The van der Waals surface area contributed by atoms with Crippen LogP contribution in [-0.4, -0.2) is 24.5 Å². The minimum atomic E-state index is -0.329. The van der Waals surface area contributed by atoms with E-state index in [1.807, 2.05) is 42.9 Å². The molecule has 4 N–H and O–H groups in total. The van der Waals surface area contributed by atoms with Gasteiger partial charge in [0.2, 0.25) is 11.5 Å². The van der Waals surface area contributed by atoms with Crippen molar-refractivity contribution in [3.05, 3.63) is 64.0 Å². The average Bonchev–Trinajstić information content (AvgIpc) is 3.07. The highest BCUT2D eigenvalue weighted by Gasteiger charge is 2.20. The van der Waals surface area contributed by atoms with Crippen molar-refractivity contribution in [2.24, 2.45) is 7.05 Å². The highest BCUT2D eigenvalue weighted by Crippen LogP contribution is 2.32. The number of fused-ring (bicyclic) bond motifs is 1. The summed E-state index contributed by atoms with van der Waals surface area (Å²) in [6.45, 7) is 3.63. The maximum atomic E-state index is 11.9. The number of pyridine rings is 2. The second kappa shape index (κ2) is 7.33. The standard InChI is InChI=1S/C21H20N8O/c1-11-15(10-22)20(28-21(23)26-11)25-12(2)19-14(13-4-6-24-18(30)8-13)9-17-16(27-19)5-7-29(17)3/h4-9,12H,1-3H3,(H,24,30)(H3,23,25,26,28). The molecule has 4 rings (SSSR count). The molecule has 9 nitrogen and oxygen atoms in total. The van der Waals surface area contributed by atoms with Crippen molar-refractivity contribution in [2.45, 2.75) is 19.9 Å². The molecule has 0 aromatic carbocycles. The minimum absolute atomic E-state index is 0.0856. The second-order valence-corrected chi connectivity index (χ2v) is 7.06. The van der Waals surface area contributed by atoms with Crippen LogP contribution in [-0.2, 0) is 7.05 Å². The predicted octanol–water partition coefficient (Wildman–Crippen LogP) is 2.65. The van der Waals surface area contributed by atoms with Gasteiger partial charge in [-0.05, 0) is 37.6 Å². The fourth-order valence-electron chi connectivity index (χ4n) is 3.48. The molecule has 0 amide bonds. The average molecular weight is 400 g/mol. The van der Waals surface area contributed by atoms with Gasteiger partial charge in [0.05, 0.1) is 28.5 Å². The van der Waals surface area contributed by atoms with Gasteiger partial charge in [0.15, 0.2) is 0 Å². The minimum Gasteiger partial charge on any atom is -0.368 e. The van der Waals surface area contributed by atoms with Crippen molar-refractivity contribution in [3.8, 4) is 17.2 Å². The van der Waals surface area contributed by atoms with Crippen LogP contribution in [0.1, 0.15) is 29.9 Å². The molecular weight excluding hydrogens is 380 g/mol. The highest BCUT2D eigenvalue weighted by molar-refractivity contribution is 5.83. The van der Waals surface area contributed by atoms with Gasteiger partial charge in [0, 0.05) is 31.1 Å². The van der Waals surface area contributed by atoms with Crippen molar-refractivity contribution < 1.29 is 0 Å². The maximum Gasteiger partial charge on any atom is 0.248 e. The number of anilines is 2. The predicted molar refractivity (Wildman–Crippen MR) is 115 cm³/mol. The third-order valence-corrected chi connectivity index (χ3v) is 4.96. The first-order valence-corrected chi connectivity index (χ1v) is 9.33. The first kappa shape index (κ1) is 19.1. The number of hydrogen-bond donors (Lipinski definition) is 3. The van der Waals surface area contributed by atoms with E-state index in [4.69, 9.17) is 10.7 Å². The van der Waals surface area contributed by atoms with E-state index in [2.05, 4.69) is 26.3 Å². The zero-order valence-electron chi connectivity index (χ0n) is 16.8. The summed E-state index contributed by atoms with van der Waals surface area (Å²) in [5.41, 5.74) is 10.5. The summed E-state index contributed by atoms with van der Waals surface area (Å²) in [6.07, 6.45) is 3.54. The molecule has 4 aromatic rings. The van der Waals surface area contributed by atoms with E-state index in [1.54, 1.807) is 13.1 Å². The van der Waals surface area contributed by atoms with Crippen LogP contribution in [0.5, 0.6) is 0 Å². The van der Waals surface area contributed by atoms with E-state index >= 15 is 0 Å². The molecule has 9 heteroatoms. The van der Waals surface area contributed by atoms with Crippen LogP contribution < -0.4 is 16.6 Å². The summed E-state index contributed by atoms with van der Waals surface area (Å²) in [5, 5.41) is 12.8. The Bertz CT molecular complexity index is 1360. The van der Waals surface area contributed by atoms with E-state index < -0.39 is 0 Å². The quantitative estimate of drug-likeness (QED) is 0.478. The third-order valence-electron chi connectivity index (χ3n) is 4.96. The summed E-state index contributed by atoms with van der Waals surface area (Å²) in [7, 11) is 1.94. The summed E-state index contributed by atoms with van der Waals surface area (Å²) >= 11 is 0. The van der Waals surface area contributed by atoms with Crippen LogP contribution in [0.25, 0.3) is 22.2 Å². The fourth-order valence-corrected chi connectivity index (χ4v) is 3.48. The Morgan fingerprint density at radius 3 is 2.80 bits per heavy atom. The van der Waals surface area contributed by atoms with E-state index in [0.717, 1.165) is 27.9 Å². The summed E-state index contributed by atoms with van der Waals surface area (Å²) in [6, 6.07) is 9.10. The molecular formula is C21H20N8O. The normalized spacial score (nSPS) is 11.9. The first-order valence-electron chi connectivity index (χ1n) is 9.33. The molecule has 0 radical (unpaired) electrons. The highest BCUT2D eigenvalue weighted by atomic mass is 16.1. The molecule has 0 bridgehead atoms. The molecule has 1 atom stereocenters. The monoisotopic (exact) mass is 400 g/mol. The van der Waals surface area contributed by atoms with Crippen LogP contribution in [0.3, 0.4) is 0 Å². The molecule has 0 aliphatic carbocycles. The SMILES string of the molecule is Cc1nc(N)nc(NC(C)c2nc3ccn(C)c3cc2-c2cc[nH]c(=O)c2)c1C#N. The van der Waals surface area contributed by atoms with E-state index in [1.165, 1.54) is 6.07 Å². The molecule has 30 heavy (non-hydrogen) atoms. The van der Waals surface area contributed by atoms with E-state index in [9.17, 15) is 10.1 Å². The number of hydrogen-bond acceptors (Lipinski definition) is 7. The summed E-state index contributed by atoms with van der Waals surface area (Å²) in [5.74, 6) is 0.435. The molecule has 150 valence electrons. The van der Waals surface area contributed by atoms with Gasteiger partial charge in [0.25, 0.3) is 0 Å². The molecule has 4 aromatic heterocycles. The van der Waals surface area contributed by atoms with Crippen LogP contribution >= 0.6 is 0 Å². The summed E-state index contributed by atoms with van der Waals surface area (Å²) < 4.78 is 1.98. The van der Waals surface area contributed by atoms with Crippen molar-refractivity contribution in [3.63, 3.8) is 0 Å². The number of aromatic amines is 1. The van der Waals surface area contributed by atoms with Gasteiger partial charge in [-0.3, -0.25) is 4.79 Å². The molecule has 0 fully saturated rings. The number of nitrogens with two attached hydrogens (primary N) is 1. The number of aryl methyl sites for hydroxylation is 2. The molecule has 4 heterocycles. The Morgan fingerprint density at radius 1 is 1.27 bits per heavy atom. The smallest absolute Gasteiger partial charge is 0.248 e. The van der Waals surface area contributed by atoms with Gasteiger partial charge in [-0.15, -0.1) is 0 Å². The van der Waals surface area contributed by atoms with Crippen LogP contribution in [0.4, 0.5) is 11.8 Å².